The van der Waals surface area contributed by atoms with Crippen molar-refractivity contribution in [2.45, 2.75) is 31.2 Å². The molecule has 1 aliphatic heterocycles. The molecular formula is C20H24N2O3. The quantitative estimate of drug-likeness (QED) is 0.767. The predicted octanol–water partition coefficient (Wildman–Crippen LogP) is 1.30. The Labute approximate surface area is 147 Å². The molecule has 1 fully saturated rings. The number of hydrogen-bond acceptors (Lipinski definition) is 4. The number of carbonyl (C=O) groups excluding carboxylic acids is 1. The van der Waals surface area contributed by atoms with E-state index in [9.17, 15) is 15.0 Å². The molecule has 1 aliphatic rings. The molecule has 5 heteroatoms. The molecule has 1 heterocycles. The van der Waals surface area contributed by atoms with Crippen molar-refractivity contribution >= 4 is 5.91 Å². The van der Waals surface area contributed by atoms with Gasteiger partial charge in [-0.2, -0.15) is 0 Å². The number of rotatable bonds is 5. The van der Waals surface area contributed by atoms with E-state index in [4.69, 9.17) is 0 Å². The molecule has 132 valence electrons. The standard InChI is InChI=1S/C20H24N2O3/c23-18-11-20(25,19(24)21-12-16-7-3-1-4-8-16)15-22(14-18)13-17-9-5-2-6-10-17/h1-10,18,23,25H,11-15H2,(H,21,24)/t18-,20-/m0/s1. The zero-order valence-corrected chi connectivity index (χ0v) is 14.1. The van der Waals surface area contributed by atoms with Crippen LogP contribution in [0.5, 0.6) is 0 Å². The van der Waals surface area contributed by atoms with E-state index in [1.165, 1.54) is 0 Å². The topological polar surface area (TPSA) is 72.8 Å². The van der Waals surface area contributed by atoms with E-state index >= 15 is 0 Å². The third-order valence-corrected chi connectivity index (χ3v) is 4.49. The van der Waals surface area contributed by atoms with Gasteiger partial charge in [0, 0.05) is 32.6 Å². The second-order valence-corrected chi connectivity index (χ2v) is 6.71. The van der Waals surface area contributed by atoms with Gasteiger partial charge in [0.25, 0.3) is 5.91 Å². The molecule has 25 heavy (non-hydrogen) atoms. The average molecular weight is 340 g/mol. The molecule has 1 amide bonds. The van der Waals surface area contributed by atoms with Crippen LogP contribution in [0.25, 0.3) is 0 Å². The summed E-state index contributed by atoms with van der Waals surface area (Å²) in [5.74, 6) is -0.437. The molecule has 0 aromatic heterocycles. The molecule has 0 saturated carbocycles. The molecule has 0 aliphatic carbocycles. The van der Waals surface area contributed by atoms with Crippen LogP contribution in [0.1, 0.15) is 17.5 Å². The minimum atomic E-state index is -1.58. The highest BCUT2D eigenvalue weighted by molar-refractivity contribution is 5.85. The highest BCUT2D eigenvalue weighted by Gasteiger charge is 2.43. The average Bonchev–Trinajstić information content (AvgIpc) is 2.60. The second kappa shape index (κ2) is 7.78. The molecule has 3 rings (SSSR count). The van der Waals surface area contributed by atoms with Crippen LogP contribution in [0, 0.1) is 0 Å². The Balaban J connectivity index is 1.63. The Morgan fingerprint density at radius 1 is 1.08 bits per heavy atom. The Morgan fingerprint density at radius 2 is 1.68 bits per heavy atom. The summed E-state index contributed by atoms with van der Waals surface area (Å²) in [7, 11) is 0. The van der Waals surface area contributed by atoms with Crippen LogP contribution >= 0.6 is 0 Å². The van der Waals surface area contributed by atoms with Gasteiger partial charge in [-0.05, 0) is 11.1 Å². The second-order valence-electron chi connectivity index (χ2n) is 6.71. The number of nitrogens with zero attached hydrogens (tertiary/aromatic N) is 1. The Kier molecular flexibility index (Phi) is 5.48. The van der Waals surface area contributed by atoms with Crippen molar-refractivity contribution in [2.75, 3.05) is 13.1 Å². The van der Waals surface area contributed by atoms with Gasteiger partial charge in [0.2, 0.25) is 0 Å². The molecule has 1 saturated heterocycles. The van der Waals surface area contributed by atoms with E-state index in [1.54, 1.807) is 0 Å². The normalized spacial score (nSPS) is 24.0. The summed E-state index contributed by atoms with van der Waals surface area (Å²) in [4.78, 5) is 14.5. The molecule has 5 nitrogen and oxygen atoms in total. The van der Waals surface area contributed by atoms with Crippen molar-refractivity contribution in [2.24, 2.45) is 0 Å². The van der Waals surface area contributed by atoms with Crippen molar-refractivity contribution in [1.82, 2.24) is 10.2 Å². The van der Waals surface area contributed by atoms with Gasteiger partial charge in [0.05, 0.1) is 6.10 Å². The summed E-state index contributed by atoms with van der Waals surface area (Å²) in [6.07, 6.45) is -0.677. The predicted molar refractivity (Wildman–Crippen MR) is 95.6 cm³/mol. The van der Waals surface area contributed by atoms with Gasteiger partial charge < -0.3 is 15.5 Å². The number of piperidine rings is 1. The number of nitrogens with one attached hydrogen (secondary N) is 1. The van der Waals surface area contributed by atoms with Crippen molar-refractivity contribution in [1.29, 1.82) is 0 Å². The van der Waals surface area contributed by atoms with Gasteiger partial charge in [0.15, 0.2) is 5.60 Å². The van der Waals surface area contributed by atoms with Crippen molar-refractivity contribution in [3.05, 3.63) is 71.8 Å². The highest BCUT2D eigenvalue weighted by atomic mass is 16.3. The van der Waals surface area contributed by atoms with E-state index < -0.39 is 17.6 Å². The maximum absolute atomic E-state index is 12.5. The minimum Gasteiger partial charge on any atom is -0.392 e. The van der Waals surface area contributed by atoms with E-state index in [2.05, 4.69) is 5.32 Å². The number of carbonyl (C=O) groups is 1. The molecule has 0 unspecified atom stereocenters. The molecule has 0 bridgehead atoms. The fourth-order valence-electron chi connectivity index (χ4n) is 3.32. The summed E-state index contributed by atoms with van der Waals surface area (Å²) < 4.78 is 0. The lowest BCUT2D eigenvalue weighted by Gasteiger charge is -2.40. The number of likely N-dealkylation sites (tertiary alicyclic amines) is 1. The van der Waals surface area contributed by atoms with Gasteiger partial charge >= 0.3 is 0 Å². The van der Waals surface area contributed by atoms with Crippen molar-refractivity contribution in [3.63, 3.8) is 0 Å². The van der Waals surface area contributed by atoms with E-state index in [0.29, 0.717) is 19.6 Å². The minimum absolute atomic E-state index is 0.0545. The summed E-state index contributed by atoms with van der Waals surface area (Å²) in [5, 5.41) is 23.8. The first-order valence-electron chi connectivity index (χ1n) is 8.54. The Morgan fingerprint density at radius 3 is 2.32 bits per heavy atom. The van der Waals surface area contributed by atoms with Gasteiger partial charge in [0.1, 0.15) is 0 Å². The lowest BCUT2D eigenvalue weighted by Crippen LogP contribution is -2.60. The van der Waals surface area contributed by atoms with Gasteiger partial charge in [-0.15, -0.1) is 0 Å². The third kappa shape index (κ3) is 4.66. The van der Waals surface area contributed by atoms with Crippen LogP contribution < -0.4 is 5.32 Å². The lowest BCUT2D eigenvalue weighted by molar-refractivity contribution is -0.152. The van der Waals surface area contributed by atoms with Crippen molar-refractivity contribution < 1.29 is 15.0 Å². The van der Waals surface area contributed by atoms with Crippen LogP contribution in [-0.4, -0.2) is 45.8 Å². The Hall–Kier alpha value is -2.21. The van der Waals surface area contributed by atoms with Crippen LogP contribution in [-0.2, 0) is 17.9 Å². The number of benzene rings is 2. The van der Waals surface area contributed by atoms with Gasteiger partial charge in [-0.3, -0.25) is 9.69 Å². The first kappa shape index (κ1) is 17.6. The summed E-state index contributed by atoms with van der Waals surface area (Å²) in [6.45, 7) is 1.60. The first-order chi connectivity index (χ1) is 12.0. The summed E-state index contributed by atoms with van der Waals surface area (Å²) in [5.41, 5.74) is 0.474. The molecule has 0 spiro atoms. The maximum Gasteiger partial charge on any atom is 0.253 e. The number of aliphatic hydroxyl groups excluding tert-OH is 1. The fourth-order valence-corrected chi connectivity index (χ4v) is 3.32. The van der Waals surface area contributed by atoms with Crippen molar-refractivity contribution in [3.8, 4) is 0 Å². The van der Waals surface area contributed by atoms with E-state index in [1.807, 2.05) is 65.6 Å². The molecule has 3 N–H and O–H groups in total. The SMILES string of the molecule is O=C(NCc1ccccc1)[C@]1(O)C[C@H](O)CN(Cc2ccccc2)C1. The summed E-state index contributed by atoms with van der Waals surface area (Å²) >= 11 is 0. The summed E-state index contributed by atoms with van der Waals surface area (Å²) in [6, 6.07) is 19.4. The van der Waals surface area contributed by atoms with Gasteiger partial charge in [-0.25, -0.2) is 0 Å². The monoisotopic (exact) mass is 340 g/mol. The first-order valence-corrected chi connectivity index (χ1v) is 8.54. The van der Waals surface area contributed by atoms with E-state index in [0.717, 1.165) is 11.1 Å². The fraction of sp³-hybridized carbons (Fsp3) is 0.350. The zero-order chi connectivity index (χ0) is 17.7. The zero-order valence-electron chi connectivity index (χ0n) is 14.1. The van der Waals surface area contributed by atoms with Crippen LogP contribution in [0.15, 0.2) is 60.7 Å². The van der Waals surface area contributed by atoms with Crippen LogP contribution in [0.3, 0.4) is 0 Å². The smallest absolute Gasteiger partial charge is 0.253 e. The van der Waals surface area contributed by atoms with Crippen LogP contribution in [0.2, 0.25) is 0 Å². The molecular weight excluding hydrogens is 316 g/mol. The molecule has 2 aromatic carbocycles. The number of hydrogen-bond donors (Lipinski definition) is 3. The third-order valence-electron chi connectivity index (χ3n) is 4.49. The van der Waals surface area contributed by atoms with Crippen LogP contribution in [0.4, 0.5) is 0 Å². The highest BCUT2D eigenvalue weighted by Crippen LogP contribution is 2.23. The largest absolute Gasteiger partial charge is 0.392 e. The molecule has 2 atom stereocenters. The Bertz CT molecular complexity index is 693. The lowest BCUT2D eigenvalue weighted by atomic mass is 9.89. The molecule has 2 aromatic rings. The van der Waals surface area contributed by atoms with Gasteiger partial charge in [-0.1, -0.05) is 60.7 Å². The number of aliphatic hydroxyl groups is 2. The molecule has 0 radical (unpaired) electrons. The number of β-amino-alcohol motifs (C(OH)–C–C–N with tert-alkyl or cyclic N) is 2. The number of amides is 1. The maximum atomic E-state index is 12.5. The van der Waals surface area contributed by atoms with E-state index in [-0.39, 0.29) is 13.0 Å².